The van der Waals surface area contributed by atoms with Gasteiger partial charge in [0.05, 0.1) is 7.11 Å². The first kappa shape index (κ1) is 20.6. The quantitative estimate of drug-likeness (QED) is 0.616. The van der Waals surface area contributed by atoms with Crippen LogP contribution in [0, 0.1) is 5.92 Å². The molecular formula is C21H25Cl2NO2. The fourth-order valence-corrected chi connectivity index (χ4v) is 3.62. The molecule has 0 heterocycles. The second-order valence-corrected chi connectivity index (χ2v) is 7.56. The number of carbonyl (C=O) groups excluding carboxylic acids is 1. The van der Waals surface area contributed by atoms with E-state index in [0.717, 1.165) is 17.7 Å². The maximum atomic E-state index is 11.4. The first-order valence-corrected chi connectivity index (χ1v) is 9.47. The summed E-state index contributed by atoms with van der Waals surface area (Å²) >= 11 is 12.6. The lowest BCUT2D eigenvalue weighted by Crippen LogP contribution is -2.21. The average Bonchev–Trinajstić information content (AvgIpc) is 2.62. The standard InChI is InChI=1S/C21H25Cl2NO2/c1-13(21(24)25)4-10-18(14(2)15-5-7-16(22)8-6-15)19-11-9-17(26-3)12-20(19)23/h5-9,11-14,18H,4,10H2,1-3H3,(H2,24,25)/t13-,14?,18?/m0/s1. The second kappa shape index (κ2) is 9.29. The van der Waals surface area contributed by atoms with Crippen molar-refractivity contribution < 1.29 is 9.53 Å². The Morgan fingerprint density at radius 1 is 1.08 bits per heavy atom. The van der Waals surface area contributed by atoms with E-state index in [1.807, 2.05) is 49.4 Å². The normalized spacial score (nSPS) is 14.5. The second-order valence-electron chi connectivity index (χ2n) is 6.71. The third kappa shape index (κ3) is 5.15. The van der Waals surface area contributed by atoms with Gasteiger partial charge in [-0.3, -0.25) is 4.79 Å². The summed E-state index contributed by atoms with van der Waals surface area (Å²) < 4.78 is 5.26. The van der Waals surface area contributed by atoms with Crippen LogP contribution in [0.25, 0.3) is 0 Å². The van der Waals surface area contributed by atoms with E-state index in [1.165, 1.54) is 5.56 Å². The minimum atomic E-state index is -0.274. The van der Waals surface area contributed by atoms with E-state index >= 15 is 0 Å². The van der Waals surface area contributed by atoms with E-state index in [-0.39, 0.29) is 23.7 Å². The Labute approximate surface area is 165 Å². The molecule has 0 aromatic heterocycles. The molecule has 2 N–H and O–H groups in total. The Balaban J connectivity index is 2.34. The predicted octanol–water partition coefficient (Wildman–Crippen LogP) is 5.79. The monoisotopic (exact) mass is 393 g/mol. The fraction of sp³-hybridized carbons (Fsp3) is 0.381. The number of amides is 1. The van der Waals surface area contributed by atoms with Crippen LogP contribution in [-0.2, 0) is 4.79 Å². The third-order valence-corrected chi connectivity index (χ3v) is 5.58. The maximum Gasteiger partial charge on any atom is 0.220 e. The van der Waals surface area contributed by atoms with Crippen molar-refractivity contribution in [2.24, 2.45) is 11.7 Å². The molecule has 0 saturated carbocycles. The largest absolute Gasteiger partial charge is 0.497 e. The van der Waals surface area contributed by atoms with Crippen LogP contribution < -0.4 is 10.5 Å². The van der Waals surface area contributed by atoms with Gasteiger partial charge in [-0.05, 0) is 60.1 Å². The number of rotatable bonds is 8. The van der Waals surface area contributed by atoms with Gasteiger partial charge in [-0.2, -0.15) is 0 Å². The van der Waals surface area contributed by atoms with Crippen LogP contribution in [0.4, 0.5) is 0 Å². The molecule has 0 saturated heterocycles. The van der Waals surface area contributed by atoms with Gasteiger partial charge in [-0.15, -0.1) is 0 Å². The summed E-state index contributed by atoms with van der Waals surface area (Å²) in [4.78, 5) is 11.4. The zero-order valence-corrected chi connectivity index (χ0v) is 16.8. The molecule has 3 atom stereocenters. The maximum absolute atomic E-state index is 11.4. The van der Waals surface area contributed by atoms with Gasteiger partial charge >= 0.3 is 0 Å². The van der Waals surface area contributed by atoms with Gasteiger partial charge in [-0.25, -0.2) is 0 Å². The SMILES string of the molecule is COc1ccc(C(CC[C@H](C)C(N)=O)C(C)c2ccc(Cl)cc2)c(Cl)c1. The highest BCUT2D eigenvalue weighted by molar-refractivity contribution is 6.31. The Morgan fingerprint density at radius 2 is 1.73 bits per heavy atom. The third-order valence-electron chi connectivity index (χ3n) is 5.00. The van der Waals surface area contributed by atoms with Crippen molar-refractivity contribution in [2.75, 3.05) is 7.11 Å². The average molecular weight is 394 g/mol. The molecule has 2 aromatic carbocycles. The van der Waals surface area contributed by atoms with E-state index in [4.69, 9.17) is 33.7 Å². The summed E-state index contributed by atoms with van der Waals surface area (Å²) in [5.41, 5.74) is 7.66. The molecule has 1 amide bonds. The highest BCUT2D eigenvalue weighted by atomic mass is 35.5. The number of carbonyl (C=O) groups is 1. The van der Waals surface area contributed by atoms with Crippen LogP contribution in [0.3, 0.4) is 0 Å². The van der Waals surface area contributed by atoms with Crippen molar-refractivity contribution >= 4 is 29.1 Å². The van der Waals surface area contributed by atoms with Crippen LogP contribution in [0.5, 0.6) is 5.75 Å². The lowest BCUT2D eigenvalue weighted by Gasteiger charge is -2.27. The molecule has 0 aliphatic rings. The number of hydrogen-bond donors (Lipinski definition) is 1. The van der Waals surface area contributed by atoms with Gasteiger partial charge in [0.15, 0.2) is 0 Å². The van der Waals surface area contributed by atoms with Crippen LogP contribution in [0.15, 0.2) is 42.5 Å². The number of nitrogens with two attached hydrogens (primary N) is 1. The molecule has 26 heavy (non-hydrogen) atoms. The van der Waals surface area contributed by atoms with Gasteiger partial charge in [0.2, 0.25) is 5.91 Å². The lowest BCUT2D eigenvalue weighted by molar-refractivity contribution is -0.121. The summed E-state index contributed by atoms with van der Waals surface area (Å²) in [6.07, 6.45) is 1.51. The molecule has 0 aliphatic heterocycles. The molecular weight excluding hydrogens is 369 g/mol. The summed E-state index contributed by atoms with van der Waals surface area (Å²) in [7, 11) is 1.62. The van der Waals surface area contributed by atoms with E-state index in [0.29, 0.717) is 16.5 Å². The Kier molecular flexibility index (Phi) is 7.36. The molecule has 0 aliphatic carbocycles. The molecule has 3 nitrogen and oxygen atoms in total. The minimum Gasteiger partial charge on any atom is -0.497 e. The van der Waals surface area contributed by atoms with E-state index in [1.54, 1.807) is 7.11 Å². The van der Waals surface area contributed by atoms with Crippen molar-refractivity contribution in [1.82, 2.24) is 0 Å². The molecule has 140 valence electrons. The Bertz CT molecular complexity index is 746. The Morgan fingerprint density at radius 3 is 2.27 bits per heavy atom. The van der Waals surface area contributed by atoms with Crippen LogP contribution >= 0.6 is 23.2 Å². The van der Waals surface area contributed by atoms with Gasteiger partial charge in [0.25, 0.3) is 0 Å². The smallest absolute Gasteiger partial charge is 0.220 e. The first-order chi connectivity index (χ1) is 12.3. The highest BCUT2D eigenvalue weighted by Gasteiger charge is 2.25. The van der Waals surface area contributed by atoms with Crippen molar-refractivity contribution in [3.05, 3.63) is 63.6 Å². The van der Waals surface area contributed by atoms with Gasteiger partial charge in [0.1, 0.15) is 5.75 Å². The van der Waals surface area contributed by atoms with Crippen LogP contribution in [0.1, 0.15) is 49.7 Å². The molecule has 0 bridgehead atoms. The summed E-state index contributed by atoms with van der Waals surface area (Å²) in [5, 5.41) is 1.38. The molecule has 0 radical (unpaired) electrons. The van der Waals surface area contributed by atoms with Gasteiger partial charge < -0.3 is 10.5 Å². The zero-order chi connectivity index (χ0) is 19.3. The number of primary amides is 1. The minimum absolute atomic E-state index is 0.149. The molecule has 2 unspecified atom stereocenters. The number of ether oxygens (including phenoxy) is 1. The Hall–Kier alpha value is -1.71. The first-order valence-electron chi connectivity index (χ1n) is 8.71. The lowest BCUT2D eigenvalue weighted by atomic mass is 9.78. The van der Waals surface area contributed by atoms with Crippen LogP contribution in [-0.4, -0.2) is 13.0 Å². The molecule has 0 spiro atoms. The summed E-state index contributed by atoms with van der Waals surface area (Å²) in [6.45, 7) is 4.03. The summed E-state index contributed by atoms with van der Waals surface area (Å²) in [5.74, 6) is 0.632. The number of halogens is 2. The van der Waals surface area contributed by atoms with Crippen LogP contribution in [0.2, 0.25) is 10.0 Å². The molecule has 2 rings (SSSR count). The number of hydrogen-bond acceptors (Lipinski definition) is 2. The molecule has 5 heteroatoms. The van der Waals surface area contributed by atoms with Gasteiger partial charge in [0, 0.05) is 16.0 Å². The number of benzene rings is 2. The summed E-state index contributed by atoms with van der Waals surface area (Å²) in [6, 6.07) is 13.6. The van der Waals surface area contributed by atoms with E-state index in [9.17, 15) is 4.79 Å². The zero-order valence-electron chi connectivity index (χ0n) is 15.3. The van der Waals surface area contributed by atoms with E-state index < -0.39 is 0 Å². The van der Waals surface area contributed by atoms with Crippen molar-refractivity contribution in [3.63, 3.8) is 0 Å². The number of methoxy groups -OCH3 is 1. The van der Waals surface area contributed by atoms with E-state index in [2.05, 4.69) is 6.92 Å². The predicted molar refractivity (Wildman–Crippen MR) is 108 cm³/mol. The topological polar surface area (TPSA) is 52.3 Å². The van der Waals surface area contributed by atoms with Crippen molar-refractivity contribution in [1.29, 1.82) is 0 Å². The highest BCUT2D eigenvalue weighted by Crippen LogP contribution is 2.41. The fourth-order valence-electron chi connectivity index (χ4n) is 3.18. The van der Waals surface area contributed by atoms with Gasteiger partial charge in [-0.1, -0.05) is 55.2 Å². The van der Waals surface area contributed by atoms with Crippen molar-refractivity contribution in [3.8, 4) is 5.75 Å². The van der Waals surface area contributed by atoms with Crippen molar-refractivity contribution in [2.45, 2.75) is 38.5 Å². The molecule has 0 fully saturated rings. The molecule has 2 aromatic rings.